The topological polar surface area (TPSA) is 138 Å². The molecule has 3 N–H and O–H groups in total. The van der Waals surface area contributed by atoms with Crippen LogP contribution in [0.1, 0.15) is 36.2 Å². The summed E-state index contributed by atoms with van der Waals surface area (Å²) < 4.78 is 1.17. The predicted molar refractivity (Wildman–Crippen MR) is 140 cm³/mol. The number of pyridine rings is 1. The first-order valence-corrected chi connectivity index (χ1v) is 11.8. The fraction of sp³-hybridized carbons (Fsp3) is 0.296. The number of aliphatic carboxylic acids is 1. The van der Waals surface area contributed by atoms with E-state index in [-0.39, 0.29) is 18.7 Å². The van der Waals surface area contributed by atoms with E-state index in [2.05, 4.69) is 10.6 Å². The van der Waals surface area contributed by atoms with Gasteiger partial charge in [-0.05, 0) is 55.6 Å². The maximum atomic E-state index is 13.2. The van der Waals surface area contributed by atoms with Crippen LogP contribution in [0.3, 0.4) is 0 Å². The molecule has 0 radical (unpaired) electrons. The standard InChI is InChI=1S/C27H30N4O6/c1-4-22(26(36)29-21(15-24(33)34)23(32)16-30(2)3)31-13-7-10-20(27(31)37)28-25(35)19-12-11-17-8-5-6-9-18(17)14-19/h5-14,21-22H,4,15-16H2,1-3H3,(H,28,35)(H,29,36)(H,33,34)/t21-,22?/m0/s1. The molecule has 1 heterocycles. The van der Waals surface area contributed by atoms with Gasteiger partial charge in [-0.1, -0.05) is 37.3 Å². The number of fused-ring (bicyclic) bond motifs is 1. The molecule has 3 aromatic rings. The average Bonchev–Trinajstić information content (AvgIpc) is 2.85. The number of ketones is 1. The van der Waals surface area contributed by atoms with Gasteiger partial charge in [0.15, 0.2) is 5.78 Å². The summed E-state index contributed by atoms with van der Waals surface area (Å²) in [4.78, 5) is 64.5. The summed E-state index contributed by atoms with van der Waals surface area (Å²) in [5, 5.41) is 16.2. The Kier molecular flexibility index (Phi) is 8.91. The Morgan fingerprint density at radius 2 is 1.70 bits per heavy atom. The Morgan fingerprint density at radius 3 is 2.35 bits per heavy atom. The Labute approximate surface area is 213 Å². The second-order valence-corrected chi connectivity index (χ2v) is 8.94. The molecule has 0 aliphatic heterocycles. The Morgan fingerprint density at radius 1 is 1.00 bits per heavy atom. The van der Waals surface area contributed by atoms with E-state index < -0.39 is 47.6 Å². The normalized spacial score (nSPS) is 12.6. The van der Waals surface area contributed by atoms with Crippen molar-refractivity contribution in [3.63, 3.8) is 0 Å². The second-order valence-electron chi connectivity index (χ2n) is 8.94. The molecule has 0 aliphatic rings. The van der Waals surface area contributed by atoms with Crippen LogP contribution in [0, 0.1) is 0 Å². The minimum absolute atomic E-state index is 0.0160. The number of nitrogens with one attached hydrogen (secondary N) is 2. The molecule has 2 atom stereocenters. The molecule has 0 saturated carbocycles. The van der Waals surface area contributed by atoms with Gasteiger partial charge >= 0.3 is 5.97 Å². The molecule has 0 aliphatic carbocycles. The SMILES string of the molecule is CCC(C(=O)N[C@@H](CC(=O)O)C(=O)CN(C)C)n1cccc(NC(=O)c2ccc3ccccc3c2)c1=O. The van der Waals surface area contributed by atoms with Crippen LogP contribution in [0.15, 0.2) is 65.6 Å². The molecule has 1 unspecified atom stereocenters. The molecule has 2 amide bonds. The molecule has 10 heteroatoms. The van der Waals surface area contributed by atoms with Gasteiger partial charge in [0.1, 0.15) is 11.7 Å². The van der Waals surface area contributed by atoms with Crippen LogP contribution in [0.5, 0.6) is 0 Å². The summed E-state index contributed by atoms with van der Waals surface area (Å²) in [5.74, 6) is -2.84. The number of nitrogens with zero attached hydrogens (tertiary/aromatic N) is 2. The first-order valence-electron chi connectivity index (χ1n) is 11.8. The fourth-order valence-electron chi connectivity index (χ4n) is 3.99. The van der Waals surface area contributed by atoms with Crippen molar-refractivity contribution in [2.45, 2.75) is 31.8 Å². The Balaban J connectivity index is 1.82. The molecule has 1 aromatic heterocycles. The van der Waals surface area contributed by atoms with Crippen molar-refractivity contribution in [3.8, 4) is 0 Å². The van der Waals surface area contributed by atoms with E-state index in [0.29, 0.717) is 5.56 Å². The number of carbonyl (C=O) groups excluding carboxylic acids is 3. The fourth-order valence-corrected chi connectivity index (χ4v) is 3.99. The first kappa shape index (κ1) is 27.3. The second kappa shape index (κ2) is 12.1. The molecule has 37 heavy (non-hydrogen) atoms. The molecule has 3 rings (SSSR count). The number of hydrogen-bond donors (Lipinski definition) is 3. The van der Waals surface area contributed by atoms with Crippen molar-refractivity contribution in [2.24, 2.45) is 0 Å². The lowest BCUT2D eigenvalue weighted by Gasteiger charge is -2.23. The van der Waals surface area contributed by atoms with Crippen LogP contribution in [0.4, 0.5) is 5.69 Å². The van der Waals surface area contributed by atoms with Gasteiger partial charge in [-0.2, -0.15) is 0 Å². The minimum atomic E-state index is -1.24. The maximum absolute atomic E-state index is 13.2. The molecule has 0 saturated heterocycles. The van der Waals surface area contributed by atoms with E-state index in [4.69, 9.17) is 0 Å². The lowest BCUT2D eigenvalue weighted by Crippen LogP contribution is -2.48. The van der Waals surface area contributed by atoms with Crippen molar-refractivity contribution < 1.29 is 24.3 Å². The van der Waals surface area contributed by atoms with Gasteiger partial charge in [0.2, 0.25) is 5.91 Å². The number of carboxylic acids is 1. The molecule has 194 valence electrons. The van der Waals surface area contributed by atoms with Gasteiger partial charge < -0.3 is 25.2 Å². The molecule has 2 aromatic carbocycles. The highest BCUT2D eigenvalue weighted by atomic mass is 16.4. The summed E-state index contributed by atoms with van der Waals surface area (Å²) in [6.45, 7) is 1.64. The molecule has 10 nitrogen and oxygen atoms in total. The van der Waals surface area contributed by atoms with Crippen LogP contribution in [0.2, 0.25) is 0 Å². The highest BCUT2D eigenvalue weighted by Crippen LogP contribution is 2.17. The van der Waals surface area contributed by atoms with Gasteiger partial charge in [0, 0.05) is 11.8 Å². The molecular formula is C27H30N4O6. The van der Waals surface area contributed by atoms with E-state index in [9.17, 15) is 29.1 Å². The number of hydrogen-bond acceptors (Lipinski definition) is 6. The summed E-state index contributed by atoms with van der Waals surface area (Å²) in [5.41, 5.74) is -0.250. The number of amides is 2. The van der Waals surface area contributed by atoms with Gasteiger partial charge in [0.25, 0.3) is 11.5 Å². The largest absolute Gasteiger partial charge is 0.481 e. The number of rotatable bonds is 11. The zero-order valence-corrected chi connectivity index (χ0v) is 20.9. The third kappa shape index (κ3) is 6.89. The molecule has 0 bridgehead atoms. The highest BCUT2D eigenvalue weighted by Gasteiger charge is 2.28. The summed E-state index contributed by atoms with van der Waals surface area (Å²) in [6, 6.07) is 13.5. The summed E-state index contributed by atoms with van der Waals surface area (Å²) >= 11 is 0. The van der Waals surface area contributed by atoms with Crippen molar-refractivity contribution in [1.82, 2.24) is 14.8 Å². The van der Waals surface area contributed by atoms with Crippen molar-refractivity contribution in [3.05, 3.63) is 76.7 Å². The van der Waals surface area contributed by atoms with Crippen LogP contribution in [-0.2, 0) is 14.4 Å². The van der Waals surface area contributed by atoms with E-state index in [1.807, 2.05) is 30.3 Å². The highest BCUT2D eigenvalue weighted by molar-refractivity contribution is 6.06. The van der Waals surface area contributed by atoms with Crippen LogP contribution < -0.4 is 16.2 Å². The number of Topliss-reactive ketones (excluding diaryl/α,β-unsaturated/α-hetero) is 1. The van der Waals surface area contributed by atoms with E-state index in [1.165, 1.54) is 22.9 Å². The third-order valence-electron chi connectivity index (χ3n) is 5.82. The number of benzene rings is 2. The minimum Gasteiger partial charge on any atom is -0.481 e. The maximum Gasteiger partial charge on any atom is 0.305 e. The number of carbonyl (C=O) groups is 4. The predicted octanol–water partition coefficient (Wildman–Crippen LogP) is 2.30. The number of aromatic nitrogens is 1. The zero-order valence-electron chi connectivity index (χ0n) is 20.9. The van der Waals surface area contributed by atoms with E-state index >= 15 is 0 Å². The summed E-state index contributed by atoms with van der Waals surface area (Å²) in [7, 11) is 3.31. The van der Waals surface area contributed by atoms with Gasteiger partial charge in [-0.3, -0.25) is 24.0 Å². The van der Waals surface area contributed by atoms with Crippen LogP contribution in [-0.4, -0.2) is 64.8 Å². The van der Waals surface area contributed by atoms with Crippen molar-refractivity contribution in [2.75, 3.05) is 26.0 Å². The zero-order chi connectivity index (χ0) is 27.1. The average molecular weight is 507 g/mol. The van der Waals surface area contributed by atoms with E-state index in [1.54, 1.807) is 38.1 Å². The van der Waals surface area contributed by atoms with Crippen molar-refractivity contribution >= 4 is 40.0 Å². The monoisotopic (exact) mass is 506 g/mol. The Hall–Kier alpha value is -4.31. The van der Waals surface area contributed by atoms with Gasteiger partial charge in [0.05, 0.1) is 19.0 Å². The third-order valence-corrected chi connectivity index (χ3v) is 5.82. The quantitative estimate of drug-likeness (QED) is 0.363. The lowest BCUT2D eigenvalue weighted by molar-refractivity contribution is -0.140. The van der Waals surface area contributed by atoms with Crippen LogP contribution in [0.25, 0.3) is 10.8 Å². The number of anilines is 1. The van der Waals surface area contributed by atoms with Gasteiger partial charge in [-0.15, -0.1) is 0 Å². The van der Waals surface area contributed by atoms with Crippen LogP contribution >= 0.6 is 0 Å². The molecule has 0 fully saturated rings. The smallest absolute Gasteiger partial charge is 0.305 e. The number of likely N-dealkylation sites (N-methyl/N-ethyl adjacent to an activating group) is 1. The van der Waals surface area contributed by atoms with Crippen molar-refractivity contribution in [1.29, 1.82) is 0 Å². The Bertz CT molecular complexity index is 1380. The molecular weight excluding hydrogens is 476 g/mol. The summed E-state index contributed by atoms with van der Waals surface area (Å²) in [6.07, 6.45) is 1.02. The molecule has 0 spiro atoms. The van der Waals surface area contributed by atoms with E-state index in [0.717, 1.165) is 10.8 Å². The first-order chi connectivity index (χ1) is 17.6. The number of carboxylic acid groups (broad SMARTS) is 1. The lowest BCUT2D eigenvalue weighted by atomic mass is 10.1. The van der Waals surface area contributed by atoms with Gasteiger partial charge in [-0.25, -0.2) is 0 Å².